The molecule has 4 aromatic rings. The second-order valence-electron chi connectivity index (χ2n) is 6.85. The second kappa shape index (κ2) is 8.30. The fourth-order valence-corrected chi connectivity index (χ4v) is 4.02. The Morgan fingerprint density at radius 2 is 1.40 bits per heavy atom. The van der Waals surface area contributed by atoms with Crippen molar-refractivity contribution in [2.24, 2.45) is 5.73 Å². The molecule has 0 bridgehead atoms. The van der Waals surface area contributed by atoms with Crippen molar-refractivity contribution >= 4 is 56.8 Å². The molecule has 7 heteroatoms. The van der Waals surface area contributed by atoms with Crippen LogP contribution in [-0.4, -0.2) is 22.8 Å². The molecule has 0 unspecified atom stereocenters. The zero-order chi connectivity index (χ0) is 21.3. The maximum absolute atomic E-state index is 13.3. The largest absolute Gasteiger partial charge is 0.368 e. The molecule has 0 spiro atoms. The molecule has 1 atom stereocenters. The number of nitrogens with two attached hydrogens (primary N) is 1. The van der Waals surface area contributed by atoms with E-state index >= 15 is 0 Å². The van der Waals surface area contributed by atoms with E-state index in [1.54, 1.807) is 18.2 Å². The van der Waals surface area contributed by atoms with Crippen LogP contribution in [0.25, 0.3) is 21.8 Å². The first kappa shape index (κ1) is 20.1. The fraction of sp³-hybridized carbons (Fsp3) is 0.0870. The van der Waals surface area contributed by atoms with Crippen LogP contribution < -0.4 is 11.1 Å². The predicted molar refractivity (Wildman–Crippen MR) is 120 cm³/mol. The summed E-state index contributed by atoms with van der Waals surface area (Å²) in [6.07, 6.45) is 0.0839. The molecule has 1 heterocycles. The van der Waals surface area contributed by atoms with E-state index < -0.39 is 17.9 Å². The van der Waals surface area contributed by atoms with Gasteiger partial charge < -0.3 is 11.1 Å². The van der Waals surface area contributed by atoms with Gasteiger partial charge >= 0.3 is 0 Å². The van der Waals surface area contributed by atoms with Gasteiger partial charge in [-0.15, -0.1) is 0 Å². The number of nitrogens with one attached hydrogen (secondary N) is 1. The average molecular weight is 438 g/mol. The highest BCUT2D eigenvalue weighted by atomic mass is 35.5. The van der Waals surface area contributed by atoms with Crippen LogP contribution >= 0.6 is 23.2 Å². The van der Waals surface area contributed by atoms with Crippen molar-refractivity contribution in [2.45, 2.75) is 12.5 Å². The normalized spacial score (nSPS) is 12.1. The second-order valence-corrected chi connectivity index (χ2v) is 7.67. The maximum atomic E-state index is 13.3. The monoisotopic (exact) mass is 437 g/mol. The molecular formula is C23H17Cl2N3O2. The Balaban J connectivity index is 1.76. The number of benzene rings is 3. The highest BCUT2D eigenvalue weighted by molar-refractivity contribution is 6.36. The summed E-state index contributed by atoms with van der Waals surface area (Å²) in [6, 6.07) is 18.8. The van der Waals surface area contributed by atoms with Crippen LogP contribution in [0.1, 0.15) is 15.9 Å². The standard InChI is InChI=1S/C23H17Cl2N3O2/c24-16-8-5-9-17(25)15(16)12-20(22(26)29)28-23(30)21-13-6-1-3-10-18(13)27-19-11-4-2-7-14(19)21/h1-11,20H,12H2,(H2,26,29)(H,28,30)/t20-/m0/s1. The van der Waals surface area contributed by atoms with Gasteiger partial charge in [0, 0.05) is 27.2 Å². The van der Waals surface area contributed by atoms with Gasteiger partial charge in [-0.1, -0.05) is 65.7 Å². The molecular weight excluding hydrogens is 421 g/mol. The first-order valence-corrected chi connectivity index (χ1v) is 10.0. The van der Waals surface area contributed by atoms with Gasteiger partial charge in [0.05, 0.1) is 16.6 Å². The fourth-order valence-electron chi connectivity index (χ4n) is 3.47. The Morgan fingerprint density at radius 1 is 0.867 bits per heavy atom. The first-order valence-electron chi connectivity index (χ1n) is 9.26. The summed E-state index contributed by atoms with van der Waals surface area (Å²) >= 11 is 12.5. The van der Waals surface area contributed by atoms with Crippen molar-refractivity contribution in [3.8, 4) is 0 Å². The molecule has 0 aliphatic carbocycles. The van der Waals surface area contributed by atoms with Crippen molar-refractivity contribution in [3.63, 3.8) is 0 Å². The molecule has 3 N–H and O–H groups in total. The van der Waals surface area contributed by atoms with Crippen LogP contribution in [-0.2, 0) is 11.2 Å². The molecule has 3 aromatic carbocycles. The van der Waals surface area contributed by atoms with Gasteiger partial charge in [0.2, 0.25) is 5.91 Å². The maximum Gasteiger partial charge on any atom is 0.253 e. The lowest BCUT2D eigenvalue weighted by Gasteiger charge is -2.18. The summed E-state index contributed by atoms with van der Waals surface area (Å²) in [5.41, 5.74) is 7.94. The van der Waals surface area contributed by atoms with Crippen LogP contribution in [0.3, 0.4) is 0 Å². The molecule has 150 valence electrons. The Hall–Kier alpha value is -3.15. The number of pyridine rings is 1. The van der Waals surface area contributed by atoms with Gasteiger partial charge in [-0.2, -0.15) is 0 Å². The number of hydrogen-bond acceptors (Lipinski definition) is 3. The number of hydrogen-bond donors (Lipinski definition) is 2. The van der Waals surface area contributed by atoms with Gasteiger partial charge in [-0.3, -0.25) is 9.59 Å². The Morgan fingerprint density at radius 3 is 1.93 bits per heavy atom. The van der Waals surface area contributed by atoms with E-state index in [-0.39, 0.29) is 6.42 Å². The summed E-state index contributed by atoms with van der Waals surface area (Å²) in [4.78, 5) is 30.1. The first-order chi connectivity index (χ1) is 14.5. The SMILES string of the molecule is NC(=O)[C@H](Cc1c(Cl)cccc1Cl)NC(=O)c1c2ccccc2nc2ccccc12. The van der Waals surface area contributed by atoms with Crippen molar-refractivity contribution < 1.29 is 9.59 Å². The van der Waals surface area contributed by atoms with Crippen LogP contribution in [0, 0.1) is 0 Å². The van der Waals surface area contributed by atoms with Crippen LogP contribution in [0.15, 0.2) is 66.7 Å². The Kier molecular flexibility index (Phi) is 5.57. The molecule has 0 saturated carbocycles. The minimum absolute atomic E-state index is 0.0839. The number of carbonyl (C=O) groups is 2. The van der Waals surface area contributed by atoms with Crippen LogP contribution in [0.5, 0.6) is 0 Å². The highest BCUT2D eigenvalue weighted by Crippen LogP contribution is 2.28. The molecule has 0 radical (unpaired) electrons. The molecule has 0 aliphatic rings. The average Bonchev–Trinajstić information content (AvgIpc) is 2.73. The Labute approximate surface area is 182 Å². The van der Waals surface area contributed by atoms with Gasteiger partial charge in [0.25, 0.3) is 5.91 Å². The lowest BCUT2D eigenvalue weighted by Crippen LogP contribution is -2.46. The third-order valence-corrected chi connectivity index (χ3v) is 5.64. The van der Waals surface area contributed by atoms with Gasteiger partial charge in [-0.25, -0.2) is 4.98 Å². The summed E-state index contributed by atoms with van der Waals surface area (Å²) < 4.78 is 0. The van der Waals surface area contributed by atoms with E-state index in [1.165, 1.54) is 0 Å². The van der Waals surface area contributed by atoms with Gasteiger partial charge in [-0.05, 0) is 29.8 Å². The van der Waals surface area contributed by atoms with Gasteiger partial charge in [0.15, 0.2) is 0 Å². The van der Waals surface area contributed by atoms with E-state index in [1.807, 2.05) is 48.5 Å². The minimum Gasteiger partial charge on any atom is -0.368 e. The number of rotatable bonds is 5. The van der Waals surface area contributed by atoms with Crippen LogP contribution in [0.2, 0.25) is 10.0 Å². The molecule has 4 rings (SSSR count). The highest BCUT2D eigenvalue weighted by Gasteiger charge is 2.24. The number of para-hydroxylation sites is 2. The third-order valence-electron chi connectivity index (χ3n) is 4.93. The number of halogens is 2. The number of nitrogens with zero attached hydrogens (tertiary/aromatic N) is 1. The molecule has 1 aromatic heterocycles. The molecule has 0 aliphatic heterocycles. The van der Waals surface area contributed by atoms with Gasteiger partial charge in [0.1, 0.15) is 6.04 Å². The zero-order valence-electron chi connectivity index (χ0n) is 15.7. The predicted octanol–water partition coefficient (Wildman–Crippen LogP) is 4.52. The molecule has 0 fully saturated rings. The third kappa shape index (κ3) is 3.82. The van der Waals surface area contributed by atoms with E-state index in [9.17, 15) is 9.59 Å². The number of aromatic nitrogens is 1. The summed E-state index contributed by atoms with van der Waals surface area (Å²) in [7, 11) is 0. The number of carbonyl (C=O) groups excluding carboxylic acids is 2. The molecule has 5 nitrogen and oxygen atoms in total. The minimum atomic E-state index is -0.986. The smallest absolute Gasteiger partial charge is 0.253 e. The quantitative estimate of drug-likeness (QED) is 0.450. The van der Waals surface area contributed by atoms with Crippen molar-refractivity contribution in [1.82, 2.24) is 10.3 Å². The Bertz CT molecular complexity index is 1220. The summed E-state index contributed by atoms with van der Waals surface area (Å²) in [6.45, 7) is 0. The number of primary amides is 1. The van der Waals surface area contributed by atoms with E-state index in [4.69, 9.17) is 28.9 Å². The molecule has 2 amide bonds. The van der Waals surface area contributed by atoms with E-state index in [2.05, 4.69) is 10.3 Å². The molecule has 30 heavy (non-hydrogen) atoms. The lowest BCUT2D eigenvalue weighted by molar-refractivity contribution is -0.119. The molecule has 0 saturated heterocycles. The summed E-state index contributed by atoms with van der Waals surface area (Å²) in [5.74, 6) is -1.10. The van der Waals surface area contributed by atoms with E-state index in [0.29, 0.717) is 43.0 Å². The van der Waals surface area contributed by atoms with E-state index in [0.717, 1.165) is 0 Å². The van der Waals surface area contributed by atoms with Crippen molar-refractivity contribution in [2.75, 3.05) is 0 Å². The van der Waals surface area contributed by atoms with Crippen molar-refractivity contribution in [1.29, 1.82) is 0 Å². The lowest BCUT2D eigenvalue weighted by atomic mass is 10.0. The van der Waals surface area contributed by atoms with Crippen molar-refractivity contribution in [3.05, 3.63) is 87.9 Å². The summed E-state index contributed by atoms with van der Waals surface area (Å²) in [5, 5.41) is 4.95. The van der Waals surface area contributed by atoms with Crippen LogP contribution in [0.4, 0.5) is 0 Å². The number of fused-ring (bicyclic) bond motifs is 2. The zero-order valence-corrected chi connectivity index (χ0v) is 17.2. The topological polar surface area (TPSA) is 85.1 Å². The number of amides is 2.